The second-order valence-corrected chi connectivity index (χ2v) is 3.96. The average Bonchev–Trinajstić information content (AvgIpc) is 2.45. The number of rotatable bonds is 1. The average molecular weight is 213 g/mol. The number of halogens is 1. The van der Waals surface area contributed by atoms with E-state index in [4.69, 9.17) is 11.6 Å². The van der Waals surface area contributed by atoms with Gasteiger partial charge in [0.2, 0.25) is 0 Å². The minimum atomic E-state index is 0.409. The van der Waals surface area contributed by atoms with Crippen molar-refractivity contribution in [3.8, 4) is 0 Å². The lowest BCUT2D eigenvalue weighted by molar-refractivity contribution is 0.112. The fraction of sp³-hybridized carbons (Fsp3) is 0.125. The van der Waals surface area contributed by atoms with Crippen molar-refractivity contribution in [2.45, 2.75) is 6.92 Å². The fourth-order valence-electron chi connectivity index (χ4n) is 1.13. The van der Waals surface area contributed by atoms with Crippen molar-refractivity contribution in [1.29, 1.82) is 0 Å². The first kappa shape index (κ1) is 8.59. The van der Waals surface area contributed by atoms with Gasteiger partial charge in [-0.05, 0) is 12.5 Å². The first-order chi connectivity index (χ1) is 6.24. The third-order valence-electron chi connectivity index (χ3n) is 1.80. The van der Waals surface area contributed by atoms with Crippen LogP contribution in [-0.2, 0) is 0 Å². The molecular formula is C8H5ClN2OS. The molecule has 0 bridgehead atoms. The molecule has 0 radical (unpaired) electrons. The molecule has 2 rings (SSSR count). The fourth-order valence-corrected chi connectivity index (χ4v) is 2.33. The Kier molecular flexibility index (Phi) is 2.01. The van der Waals surface area contributed by atoms with Gasteiger partial charge in [-0.25, -0.2) is 9.97 Å². The van der Waals surface area contributed by atoms with E-state index in [-0.39, 0.29) is 0 Å². The highest BCUT2D eigenvalue weighted by atomic mass is 35.5. The number of aldehydes is 1. The number of hydrogen-bond acceptors (Lipinski definition) is 4. The van der Waals surface area contributed by atoms with Crippen molar-refractivity contribution in [2.75, 3.05) is 0 Å². The van der Waals surface area contributed by atoms with Crippen molar-refractivity contribution >= 4 is 39.4 Å². The summed E-state index contributed by atoms with van der Waals surface area (Å²) in [7, 11) is 0. The van der Waals surface area contributed by atoms with Crippen LogP contribution in [0.5, 0.6) is 0 Å². The molecule has 0 N–H and O–H groups in total. The highest BCUT2D eigenvalue weighted by molar-refractivity contribution is 7.21. The number of aryl methyl sites for hydroxylation is 1. The Morgan fingerprint density at radius 2 is 2.31 bits per heavy atom. The first-order valence-electron chi connectivity index (χ1n) is 3.59. The quantitative estimate of drug-likeness (QED) is 0.539. The Balaban J connectivity index is 2.91. The van der Waals surface area contributed by atoms with Crippen LogP contribution >= 0.6 is 22.9 Å². The summed E-state index contributed by atoms with van der Waals surface area (Å²) < 4.78 is 0.781. The molecular weight excluding hydrogens is 208 g/mol. The monoisotopic (exact) mass is 212 g/mol. The maximum atomic E-state index is 10.6. The predicted molar refractivity (Wildman–Crippen MR) is 52.5 cm³/mol. The van der Waals surface area contributed by atoms with Crippen LogP contribution in [0.1, 0.15) is 15.2 Å². The normalized spacial score (nSPS) is 10.6. The van der Waals surface area contributed by atoms with E-state index in [2.05, 4.69) is 9.97 Å². The molecule has 2 aromatic heterocycles. The molecule has 13 heavy (non-hydrogen) atoms. The molecule has 2 aromatic rings. The van der Waals surface area contributed by atoms with Gasteiger partial charge in [0.25, 0.3) is 0 Å². The molecule has 0 aliphatic rings. The number of thiophene rings is 1. The van der Waals surface area contributed by atoms with Crippen LogP contribution in [0.2, 0.25) is 5.15 Å². The summed E-state index contributed by atoms with van der Waals surface area (Å²) in [5.74, 6) is 0. The van der Waals surface area contributed by atoms with Gasteiger partial charge in [0.1, 0.15) is 11.5 Å². The van der Waals surface area contributed by atoms with E-state index < -0.39 is 0 Å². The Bertz CT molecular complexity index is 480. The number of carbonyl (C=O) groups is 1. The van der Waals surface area contributed by atoms with Crippen molar-refractivity contribution in [1.82, 2.24) is 9.97 Å². The van der Waals surface area contributed by atoms with E-state index in [1.165, 1.54) is 17.7 Å². The number of aromatic nitrogens is 2. The van der Waals surface area contributed by atoms with Crippen molar-refractivity contribution < 1.29 is 4.79 Å². The van der Waals surface area contributed by atoms with Gasteiger partial charge < -0.3 is 0 Å². The maximum absolute atomic E-state index is 10.6. The summed E-state index contributed by atoms with van der Waals surface area (Å²) in [5, 5.41) is 0.409. The Morgan fingerprint density at radius 1 is 1.54 bits per heavy atom. The van der Waals surface area contributed by atoms with Crippen LogP contribution in [-0.4, -0.2) is 16.3 Å². The zero-order valence-corrected chi connectivity index (χ0v) is 8.32. The minimum Gasteiger partial charge on any atom is -0.297 e. The summed E-state index contributed by atoms with van der Waals surface area (Å²) in [4.78, 5) is 19.2. The first-order valence-corrected chi connectivity index (χ1v) is 4.78. The van der Waals surface area contributed by atoms with Crippen LogP contribution in [0.15, 0.2) is 6.33 Å². The molecule has 0 aliphatic carbocycles. The van der Waals surface area contributed by atoms with Gasteiger partial charge in [-0.3, -0.25) is 4.79 Å². The zero-order chi connectivity index (χ0) is 9.42. The topological polar surface area (TPSA) is 42.9 Å². The van der Waals surface area contributed by atoms with Crippen LogP contribution in [0.25, 0.3) is 10.2 Å². The van der Waals surface area contributed by atoms with Gasteiger partial charge in [-0.15, -0.1) is 11.3 Å². The summed E-state index contributed by atoms with van der Waals surface area (Å²) in [6, 6.07) is 0. The molecule has 5 heteroatoms. The Labute approximate surface area is 83.4 Å². The third kappa shape index (κ3) is 1.22. The van der Waals surface area contributed by atoms with Gasteiger partial charge in [-0.1, -0.05) is 11.6 Å². The summed E-state index contributed by atoms with van der Waals surface area (Å²) in [6.07, 6.45) is 2.22. The van der Waals surface area contributed by atoms with Crippen LogP contribution in [0.4, 0.5) is 0 Å². The smallest absolute Gasteiger partial charge is 0.160 e. The zero-order valence-electron chi connectivity index (χ0n) is 6.74. The molecule has 0 saturated heterocycles. The van der Waals surface area contributed by atoms with Gasteiger partial charge in [0, 0.05) is 0 Å². The number of carbonyl (C=O) groups excluding carboxylic acids is 1. The van der Waals surface area contributed by atoms with Crippen LogP contribution in [0, 0.1) is 6.92 Å². The second kappa shape index (κ2) is 3.05. The standard InChI is InChI=1S/C8H5ClN2OS/c1-4-5(2-12)13-7-6(4)10-3-11-8(7)9/h2-3H,1H3. The van der Waals surface area contributed by atoms with Crippen molar-refractivity contribution in [3.63, 3.8) is 0 Å². The molecule has 0 aromatic carbocycles. The van der Waals surface area contributed by atoms with Gasteiger partial charge in [0.05, 0.1) is 15.1 Å². The second-order valence-electron chi connectivity index (χ2n) is 2.55. The molecule has 0 amide bonds. The van der Waals surface area contributed by atoms with E-state index in [9.17, 15) is 4.79 Å². The third-order valence-corrected chi connectivity index (χ3v) is 3.42. The van der Waals surface area contributed by atoms with Crippen molar-refractivity contribution in [2.24, 2.45) is 0 Å². The number of hydrogen-bond donors (Lipinski definition) is 0. The lowest BCUT2D eigenvalue weighted by Crippen LogP contribution is -1.81. The summed E-state index contributed by atoms with van der Waals surface area (Å²) in [6.45, 7) is 1.85. The summed E-state index contributed by atoms with van der Waals surface area (Å²) in [5.41, 5.74) is 1.64. The highest BCUT2D eigenvalue weighted by Gasteiger charge is 2.11. The lowest BCUT2D eigenvalue weighted by Gasteiger charge is -1.90. The SMILES string of the molecule is Cc1c(C=O)sc2c(Cl)ncnc12. The largest absolute Gasteiger partial charge is 0.297 e. The molecule has 3 nitrogen and oxygen atoms in total. The van der Waals surface area contributed by atoms with E-state index >= 15 is 0 Å². The molecule has 2 heterocycles. The number of nitrogens with zero attached hydrogens (tertiary/aromatic N) is 2. The van der Waals surface area contributed by atoms with Crippen molar-refractivity contribution in [3.05, 3.63) is 21.9 Å². The van der Waals surface area contributed by atoms with Crippen LogP contribution < -0.4 is 0 Å². The number of fused-ring (bicyclic) bond motifs is 1. The van der Waals surface area contributed by atoms with Gasteiger partial charge in [0.15, 0.2) is 6.29 Å². The van der Waals surface area contributed by atoms with E-state index in [0.717, 1.165) is 22.1 Å². The van der Waals surface area contributed by atoms with E-state index in [1.807, 2.05) is 6.92 Å². The lowest BCUT2D eigenvalue weighted by atomic mass is 10.2. The van der Waals surface area contributed by atoms with Gasteiger partial charge in [-0.2, -0.15) is 0 Å². The molecule has 0 spiro atoms. The molecule has 0 fully saturated rings. The maximum Gasteiger partial charge on any atom is 0.160 e. The van der Waals surface area contributed by atoms with E-state index in [1.54, 1.807) is 0 Å². The highest BCUT2D eigenvalue weighted by Crippen LogP contribution is 2.31. The summed E-state index contributed by atoms with van der Waals surface area (Å²) >= 11 is 7.17. The molecule has 0 saturated carbocycles. The van der Waals surface area contributed by atoms with Gasteiger partial charge >= 0.3 is 0 Å². The predicted octanol–water partition coefficient (Wildman–Crippen LogP) is 2.47. The molecule has 0 aliphatic heterocycles. The van der Waals surface area contributed by atoms with E-state index in [0.29, 0.717) is 10.0 Å². The Hall–Kier alpha value is -1.00. The molecule has 66 valence electrons. The molecule has 0 atom stereocenters. The molecule has 0 unspecified atom stereocenters. The minimum absolute atomic E-state index is 0.409. The Morgan fingerprint density at radius 3 is 2.92 bits per heavy atom. The van der Waals surface area contributed by atoms with Crippen LogP contribution in [0.3, 0.4) is 0 Å².